The molecule has 0 unspecified atom stereocenters. The van der Waals surface area contributed by atoms with Crippen LogP contribution in [-0.2, 0) is 62.4 Å². The van der Waals surface area contributed by atoms with Gasteiger partial charge in [0.05, 0.1) is 152 Å². The van der Waals surface area contributed by atoms with Crippen molar-refractivity contribution in [3.63, 3.8) is 0 Å². The Labute approximate surface area is 374 Å². The Morgan fingerprint density at radius 3 is 0.778 bits per heavy atom. The minimum atomic E-state index is -0.756. The summed E-state index contributed by atoms with van der Waals surface area (Å²) < 4.78 is 73.6. The van der Waals surface area contributed by atoms with Gasteiger partial charge in [-0.2, -0.15) is 0 Å². The average molecular weight is 880 g/mol. The molecule has 4 aromatic rings. The first-order chi connectivity index (χ1) is 31.3. The van der Waals surface area contributed by atoms with Gasteiger partial charge in [0, 0.05) is 5.69 Å². The van der Waals surface area contributed by atoms with Gasteiger partial charge in [-0.15, -0.1) is 0 Å². The highest BCUT2D eigenvalue weighted by Gasteiger charge is 2.37. The summed E-state index contributed by atoms with van der Waals surface area (Å²) in [5.74, 6) is 0.769. The Morgan fingerprint density at radius 1 is 0.270 bits per heavy atom. The predicted octanol–water partition coefficient (Wildman–Crippen LogP) is 5.84. The minimum absolute atomic E-state index is 0.412. The molecule has 348 valence electrons. The summed E-state index contributed by atoms with van der Waals surface area (Å²) in [6, 6.07) is 38.2. The smallest absolute Gasteiger partial charge is 0.143 e. The summed E-state index contributed by atoms with van der Waals surface area (Å²) in [7, 11) is 0. The van der Waals surface area contributed by atoms with E-state index in [9.17, 15) is 0 Å². The van der Waals surface area contributed by atoms with Crippen molar-refractivity contribution in [1.82, 2.24) is 0 Å². The van der Waals surface area contributed by atoms with E-state index in [-0.39, 0.29) is 0 Å². The van der Waals surface area contributed by atoms with E-state index in [4.69, 9.17) is 67.3 Å². The van der Waals surface area contributed by atoms with E-state index >= 15 is 0 Å². The second-order valence-corrected chi connectivity index (χ2v) is 13.8. The lowest BCUT2D eigenvalue weighted by atomic mass is 9.80. The molecule has 0 amide bonds. The molecule has 0 aromatic heterocycles. The van der Waals surface area contributed by atoms with Crippen molar-refractivity contribution in [1.29, 1.82) is 0 Å². The Balaban J connectivity index is 0.824. The van der Waals surface area contributed by atoms with Gasteiger partial charge >= 0.3 is 0 Å². The van der Waals surface area contributed by atoms with E-state index in [0.717, 1.165) is 22.4 Å². The van der Waals surface area contributed by atoms with Gasteiger partial charge in [0.1, 0.15) is 18.0 Å². The van der Waals surface area contributed by atoms with Crippen LogP contribution in [0.4, 0.5) is 5.69 Å². The molecule has 0 spiro atoms. The molecule has 0 aliphatic carbocycles. The molecule has 0 bridgehead atoms. The largest absolute Gasteiger partial charge is 0.491 e. The maximum absolute atomic E-state index is 6.74. The van der Waals surface area contributed by atoms with E-state index in [0.29, 0.717) is 164 Å². The van der Waals surface area contributed by atoms with Crippen LogP contribution in [0.25, 0.3) is 0 Å². The molecule has 2 N–H and O–H groups in total. The first-order valence-electron chi connectivity index (χ1n) is 21.9. The van der Waals surface area contributed by atoms with E-state index in [1.54, 1.807) is 12.1 Å². The molecule has 14 nitrogen and oxygen atoms in total. The molecular formula is C49H69NO13. The van der Waals surface area contributed by atoms with Crippen LogP contribution in [0.2, 0.25) is 0 Å². The second kappa shape index (κ2) is 35.4. The number of benzene rings is 4. The van der Waals surface area contributed by atoms with Gasteiger partial charge in [-0.05, 0) is 41.0 Å². The SMILES string of the molecule is Nc1ccc(OCCOCCOCCOCCOCCOCCOCCOCCOCCOCCOCCOCCOC(c2ccccc2)(c2ccccc2)c2ccccc2)cc1. The summed E-state index contributed by atoms with van der Waals surface area (Å²) in [6.45, 7) is 11.7. The van der Waals surface area contributed by atoms with Crippen LogP contribution >= 0.6 is 0 Å². The molecule has 0 saturated carbocycles. The summed E-state index contributed by atoms with van der Waals surface area (Å²) in [5.41, 5.74) is 8.80. The van der Waals surface area contributed by atoms with Crippen LogP contribution in [0.15, 0.2) is 115 Å². The van der Waals surface area contributed by atoms with Crippen molar-refractivity contribution in [2.45, 2.75) is 5.60 Å². The number of hydrogen-bond donors (Lipinski definition) is 1. The summed E-state index contributed by atoms with van der Waals surface area (Å²) in [6.07, 6.45) is 0. The molecule has 0 aliphatic heterocycles. The van der Waals surface area contributed by atoms with Crippen LogP contribution in [-0.4, -0.2) is 159 Å². The highest BCUT2D eigenvalue weighted by molar-refractivity contribution is 5.47. The molecular weight excluding hydrogens is 811 g/mol. The van der Waals surface area contributed by atoms with Gasteiger partial charge in [-0.1, -0.05) is 91.0 Å². The minimum Gasteiger partial charge on any atom is -0.491 e. The van der Waals surface area contributed by atoms with Crippen LogP contribution in [0.5, 0.6) is 5.75 Å². The number of hydrogen-bond acceptors (Lipinski definition) is 14. The second-order valence-electron chi connectivity index (χ2n) is 13.8. The number of nitrogen functional groups attached to an aromatic ring is 1. The maximum Gasteiger partial charge on any atom is 0.143 e. The van der Waals surface area contributed by atoms with Gasteiger partial charge < -0.3 is 67.3 Å². The topological polar surface area (TPSA) is 146 Å². The maximum atomic E-state index is 6.74. The van der Waals surface area contributed by atoms with E-state index in [1.807, 2.05) is 66.7 Å². The fourth-order valence-corrected chi connectivity index (χ4v) is 6.11. The highest BCUT2D eigenvalue weighted by atomic mass is 16.6. The Kier molecular flexibility index (Phi) is 29.0. The van der Waals surface area contributed by atoms with E-state index in [2.05, 4.69) is 36.4 Å². The fraction of sp³-hybridized carbons (Fsp3) is 0.510. The molecule has 0 heterocycles. The van der Waals surface area contributed by atoms with Crippen molar-refractivity contribution in [3.05, 3.63) is 132 Å². The molecule has 0 atom stereocenters. The number of rotatable bonds is 41. The van der Waals surface area contributed by atoms with Gasteiger partial charge in [0.2, 0.25) is 0 Å². The third-order valence-electron chi connectivity index (χ3n) is 9.18. The van der Waals surface area contributed by atoms with Crippen molar-refractivity contribution in [2.75, 3.05) is 164 Å². The molecule has 0 radical (unpaired) electrons. The number of ether oxygens (including phenoxy) is 13. The fourth-order valence-electron chi connectivity index (χ4n) is 6.11. The van der Waals surface area contributed by atoms with Crippen molar-refractivity contribution in [3.8, 4) is 5.75 Å². The molecule has 4 rings (SSSR count). The summed E-state index contributed by atoms with van der Waals surface area (Å²) >= 11 is 0. The zero-order valence-electron chi connectivity index (χ0n) is 36.8. The molecule has 0 saturated heterocycles. The summed E-state index contributed by atoms with van der Waals surface area (Å²) in [5, 5.41) is 0. The van der Waals surface area contributed by atoms with E-state index < -0.39 is 5.60 Å². The molecule has 0 aliphatic rings. The van der Waals surface area contributed by atoms with Gasteiger partial charge in [0.25, 0.3) is 0 Å². The first kappa shape index (κ1) is 51.6. The Hall–Kier alpha value is -4.00. The molecule has 0 fully saturated rings. The zero-order valence-corrected chi connectivity index (χ0v) is 36.8. The zero-order chi connectivity index (χ0) is 44.0. The van der Waals surface area contributed by atoms with Crippen LogP contribution in [0.3, 0.4) is 0 Å². The number of nitrogens with two attached hydrogens (primary N) is 1. The lowest BCUT2D eigenvalue weighted by Crippen LogP contribution is -2.34. The highest BCUT2D eigenvalue weighted by Crippen LogP contribution is 2.40. The summed E-state index contributed by atoms with van der Waals surface area (Å²) in [4.78, 5) is 0. The standard InChI is InChI=1S/C49H69NO13/c50-47-16-18-48(19-17-47)62-42-40-60-38-36-58-34-32-56-30-28-54-26-24-52-22-20-51-21-23-53-25-27-55-29-31-57-33-35-59-37-39-61-41-43-63-49(44-10-4-1-5-11-44,45-12-6-2-7-13-45)46-14-8-3-9-15-46/h1-19H,20-43,50H2. The molecule has 14 heteroatoms. The molecule has 63 heavy (non-hydrogen) atoms. The lowest BCUT2D eigenvalue weighted by Gasteiger charge is -2.36. The van der Waals surface area contributed by atoms with Crippen LogP contribution in [0.1, 0.15) is 16.7 Å². The Bertz CT molecular complexity index is 1510. The third kappa shape index (κ3) is 23.0. The van der Waals surface area contributed by atoms with Crippen molar-refractivity contribution >= 4 is 5.69 Å². The molecule has 4 aromatic carbocycles. The van der Waals surface area contributed by atoms with Gasteiger partial charge in [-0.25, -0.2) is 0 Å². The quantitative estimate of drug-likeness (QED) is 0.0324. The monoisotopic (exact) mass is 879 g/mol. The number of anilines is 1. The van der Waals surface area contributed by atoms with Crippen LogP contribution in [0, 0.1) is 0 Å². The average Bonchev–Trinajstić information content (AvgIpc) is 3.32. The lowest BCUT2D eigenvalue weighted by molar-refractivity contribution is -0.0399. The Morgan fingerprint density at radius 2 is 0.508 bits per heavy atom. The van der Waals surface area contributed by atoms with E-state index in [1.165, 1.54) is 0 Å². The van der Waals surface area contributed by atoms with Crippen LogP contribution < -0.4 is 10.5 Å². The van der Waals surface area contributed by atoms with Gasteiger partial charge in [-0.3, -0.25) is 0 Å². The van der Waals surface area contributed by atoms with Crippen molar-refractivity contribution in [2.24, 2.45) is 0 Å². The normalized spacial score (nSPS) is 11.6. The first-order valence-corrected chi connectivity index (χ1v) is 21.9. The third-order valence-corrected chi connectivity index (χ3v) is 9.18. The van der Waals surface area contributed by atoms with Crippen molar-refractivity contribution < 1.29 is 61.6 Å². The predicted molar refractivity (Wildman–Crippen MR) is 241 cm³/mol. The van der Waals surface area contributed by atoms with Gasteiger partial charge in [0.15, 0.2) is 0 Å².